The zero-order chi connectivity index (χ0) is 34.4. The smallest absolute Gasteiger partial charge is 0.0208 e. The van der Waals surface area contributed by atoms with Crippen LogP contribution in [0, 0.1) is 0 Å². The molecular formula is C52H38. The highest BCUT2D eigenvalue weighted by Gasteiger charge is 2.40. The van der Waals surface area contributed by atoms with Crippen molar-refractivity contribution < 1.29 is 0 Å². The summed E-state index contributed by atoms with van der Waals surface area (Å²) in [5, 5.41) is 5.38. The molecule has 0 saturated carbocycles. The van der Waals surface area contributed by atoms with Gasteiger partial charge in [-0.15, -0.1) is 0 Å². The van der Waals surface area contributed by atoms with Crippen LogP contribution in [-0.4, -0.2) is 0 Å². The lowest BCUT2D eigenvalue weighted by Crippen LogP contribution is -2.17. The average Bonchev–Trinajstić information content (AvgIpc) is 3.69. The van der Waals surface area contributed by atoms with Crippen LogP contribution in [0.4, 0.5) is 0 Å². The molecular weight excluding hydrogens is 625 g/mol. The predicted octanol–water partition coefficient (Wildman–Crippen LogP) is 13.2. The minimum Gasteiger partial charge on any atom is -0.0622 e. The molecule has 0 aliphatic heterocycles. The predicted molar refractivity (Wildman–Crippen MR) is 220 cm³/mol. The monoisotopic (exact) mass is 662 g/mol. The fourth-order valence-corrected chi connectivity index (χ4v) is 9.31. The van der Waals surface area contributed by atoms with Gasteiger partial charge >= 0.3 is 0 Å². The molecule has 0 heterocycles. The van der Waals surface area contributed by atoms with Crippen LogP contribution in [0.1, 0.15) is 56.3 Å². The molecule has 0 aromatic heterocycles. The molecule has 0 bridgehead atoms. The Kier molecular flexibility index (Phi) is 7.54. The second kappa shape index (κ2) is 12.8. The first-order valence-electron chi connectivity index (χ1n) is 18.5. The first-order chi connectivity index (χ1) is 25.8. The molecule has 0 fully saturated rings. The van der Waals surface area contributed by atoms with Gasteiger partial charge in [0.15, 0.2) is 0 Å². The quantitative estimate of drug-likeness (QED) is 0.144. The molecule has 2 aliphatic carbocycles. The summed E-state index contributed by atoms with van der Waals surface area (Å²) in [5.74, 6) is 0.0938. The van der Waals surface area contributed by atoms with Gasteiger partial charge in [-0.05, 0) is 101 Å². The van der Waals surface area contributed by atoms with Gasteiger partial charge in [0.1, 0.15) is 0 Å². The van der Waals surface area contributed by atoms with Crippen molar-refractivity contribution in [3.05, 3.63) is 239 Å². The van der Waals surface area contributed by atoms with Crippen LogP contribution >= 0.6 is 0 Å². The van der Waals surface area contributed by atoms with Crippen LogP contribution in [0.15, 0.2) is 194 Å². The Bertz CT molecular complexity index is 2450. The van der Waals surface area contributed by atoms with Crippen molar-refractivity contribution in [3.8, 4) is 0 Å². The number of hydrogen-bond donors (Lipinski definition) is 0. The lowest BCUT2D eigenvalue weighted by atomic mass is 9.69. The Morgan fingerprint density at radius 1 is 0.288 bits per heavy atom. The van der Waals surface area contributed by atoms with E-state index in [9.17, 15) is 0 Å². The summed E-state index contributed by atoms with van der Waals surface area (Å²) in [7, 11) is 0. The Balaban J connectivity index is 1.32. The van der Waals surface area contributed by atoms with Crippen LogP contribution in [0.2, 0.25) is 0 Å². The fraction of sp³-hybridized carbons (Fsp3) is 0.0769. The lowest BCUT2D eigenvalue weighted by molar-refractivity contribution is 0.772. The minimum absolute atomic E-state index is 0.0469. The van der Waals surface area contributed by atoms with Gasteiger partial charge < -0.3 is 0 Å². The minimum atomic E-state index is 0.0469. The third-order valence-corrected chi connectivity index (χ3v) is 11.4. The molecule has 10 rings (SSSR count). The standard InChI is InChI=1S/C52H38/c1-5-17-35(18-6-1)33-45-41-29-13-25-37-27-15-31-43(47(37)41)51(45)49(39-21-9-3-10-22-39)50(40-23-11-4-12-24-40)52-44-32-16-28-38-26-14-30-42(48(38)44)46(52)34-36-19-7-2-8-20-36/h1-32,49-50H,33-34H2. The Labute approximate surface area is 306 Å². The highest BCUT2D eigenvalue weighted by Crippen LogP contribution is 2.59. The SMILES string of the molecule is c1ccc(CC2=C(C(c3ccccc3)C(C3=C(Cc4ccccc4)c4cccc5cccc3c45)c3ccccc3)c3cccc4cccc2c34)cc1. The molecule has 2 aliphatic rings. The molecule has 0 heteroatoms. The first kappa shape index (κ1) is 30.6. The van der Waals surface area contributed by atoms with Gasteiger partial charge in [0.2, 0.25) is 0 Å². The summed E-state index contributed by atoms with van der Waals surface area (Å²) in [5.41, 5.74) is 16.6. The van der Waals surface area contributed by atoms with Gasteiger partial charge in [-0.1, -0.05) is 194 Å². The van der Waals surface area contributed by atoms with Crippen molar-refractivity contribution in [1.82, 2.24) is 0 Å². The summed E-state index contributed by atoms with van der Waals surface area (Å²) in [6, 6.07) is 72.5. The van der Waals surface area contributed by atoms with Crippen LogP contribution in [0.3, 0.4) is 0 Å². The number of allylic oxidation sites excluding steroid dienone is 4. The van der Waals surface area contributed by atoms with E-state index in [0.29, 0.717) is 0 Å². The van der Waals surface area contributed by atoms with Crippen LogP contribution in [0.5, 0.6) is 0 Å². The van der Waals surface area contributed by atoms with Gasteiger partial charge in [-0.25, -0.2) is 0 Å². The number of rotatable bonds is 9. The second-order valence-corrected chi connectivity index (χ2v) is 14.3. The van der Waals surface area contributed by atoms with E-state index in [4.69, 9.17) is 0 Å². The Morgan fingerprint density at radius 3 is 0.981 bits per heavy atom. The van der Waals surface area contributed by atoms with E-state index in [1.807, 2.05) is 0 Å². The maximum atomic E-state index is 2.39. The van der Waals surface area contributed by atoms with Crippen molar-refractivity contribution in [1.29, 1.82) is 0 Å². The van der Waals surface area contributed by atoms with E-state index < -0.39 is 0 Å². The molecule has 8 aromatic rings. The summed E-state index contributed by atoms with van der Waals surface area (Å²) in [4.78, 5) is 0. The lowest BCUT2D eigenvalue weighted by Gasteiger charge is -2.34. The van der Waals surface area contributed by atoms with Crippen molar-refractivity contribution in [2.45, 2.75) is 24.7 Å². The summed E-state index contributed by atoms with van der Waals surface area (Å²) in [6.45, 7) is 0. The number of benzene rings is 8. The highest BCUT2D eigenvalue weighted by molar-refractivity contribution is 6.18. The molecule has 0 spiro atoms. The highest BCUT2D eigenvalue weighted by atomic mass is 14.4. The molecule has 0 saturated heterocycles. The fourth-order valence-electron chi connectivity index (χ4n) is 9.31. The van der Waals surface area contributed by atoms with Gasteiger partial charge in [-0.2, -0.15) is 0 Å². The van der Waals surface area contributed by atoms with Crippen LogP contribution < -0.4 is 0 Å². The maximum Gasteiger partial charge on any atom is 0.0208 e. The molecule has 246 valence electrons. The van der Waals surface area contributed by atoms with Gasteiger partial charge in [0.25, 0.3) is 0 Å². The largest absolute Gasteiger partial charge is 0.0622 e. The Hall–Kier alpha value is -6.24. The van der Waals surface area contributed by atoms with Crippen molar-refractivity contribution in [3.63, 3.8) is 0 Å². The third kappa shape index (κ3) is 5.06. The molecule has 8 aromatic carbocycles. The topological polar surface area (TPSA) is 0 Å². The van der Waals surface area contributed by atoms with Gasteiger partial charge in [0, 0.05) is 11.8 Å². The van der Waals surface area contributed by atoms with E-state index in [-0.39, 0.29) is 11.8 Å². The molecule has 0 nitrogen and oxygen atoms in total. The van der Waals surface area contributed by atoms with Crippen molar-refractivity contribution >= 4 is 43.8 Å². The molecule has 52 heavy (non-hydrogen) atoms. The zero-order valence-corrected chi connectivity index (χ0v) is 29.0. The average molecular weight is 663 g/mol. The molecule has 0 amide bonds. The molecule has 2 atom stereocenters. The molecule has 0 N–H and O–H groups in total. The van der Waals surface area contributed by atoms with Crippen LogP contribution in [0.25, 0.3) is 43.8 Å². The van der Waals surface area contributed by atoms with E-state index in [1.54, 1.807) is 0 Å². The summed E-state index contributed by atoms with van der Waals surface area (Å²) >= 11 is 0. The number of hydrogen-bond acceptors (Lipinski definition) is 0. The van der Waals surface area contributed by atoms with Gasteiger partial charge in [0.05, 0.1) is 0 Å². The maximum absolute atomic E-state index is 2.39. The second-order valence-electron chi connectivity index (χ2n) is 14.3. The van der Waals surface area contributed by atoms with Gasteiger partial charge in [-0.3, -0.25) is 0 Å². The van der Waals surface area contributed by atoms with Crippen molar-refractivity contribution in [2.24, 2.45) is 0 Å². The van der Waals surface area contributed by atoms with E-state index >= 15 is 0 Å². The van der Waals surface area contributed by atoms with Crippen molar-refractivity contribution in [2.75, 3.05) is 0 Å². The Morgan fingerprint density at radius 2 is 0.615 bits per heavy atom. The van der Waals surface area contributed by atoms with E-state index in [1.165, 1.54) is 88.3 Å². The molecule has 2 unspecified atom stereocenters. The van der Waals surface area contributed by atoms with Crippen LogP contribution in [-0.2, 0) is 12.8 Å². The third-order valence-electron chi connectivity index (χ3n) is 11.4. The summed E-state index contributed by atoms with van der Waals surface area (Å²) in [6.07, 6.45) is 1.75. The van der Waals surface area contributed by atoms with E-state index in [2.05, 4.69) is 194 Å². The zero-order valence-electron chi connectivity index (χ0n) is 29.0. The summed E-state index contributed by atoms with van der Waals surface area (Å²) < 4.78 is 0. The normalized spacial score (nSPS) is 14.4. The first-order valence-corrected chi connectivity index (χ1v) is 18.5. The van der Waals surface area contributed by atoms with E-state index in [0.717, 1.165) is 12.8 Å². The molecule has 0 radical (unpaired) electrons.